The molecule has 0 bridgehead atoms. The second-order valence-electron chi connectivity index (χ2n) is 5.54. The van der Waals surface area contributed by atoms with Gasteiger partial charge in [-0.3, -0.25) is 0 Å². The summed E-state index contributed by atoms with van der Waals surface area (Å²) in [5.41, 5.74) is 0.787. The van der Waals surface area contributed by atoms with E-state index < -0.39 is 0 Å². The van der Waals surface area contributed by atoms with Gasteiger partial charge in [-0.2, -0.15) is 0 Å². The largest absolute Gasteiger partial charge is 0.307 e. The Morgan fingerprint density at radius 2 is 1.89 bits per heavy atom. The van der Waals surface area contributed by atoms with Crippen molar-refractivity contribution in [2.75, 3.05) is 0 Å². The molecule has 1 atom stereocenters. The Morgan fingerprint density at radius 3 is 2.50 bits per heavy atom. The molecular weight excluding hydrogens is 225 g/mol. The van der Waals surface area contributed by atoms with Crippen LogP contribution in [-0.2, 0) is 0 Å². The molecule has 2 rings (SSSR count). The summed E-state index contributed by atoms with van der Waals surface area (Å²) in [5.74, 6) is 0.812. The van der Waals surface area contributed by atoms with E-state index in [2.05, 4.69) is 19.2 Å². The van der Waals surface area contributed by atoms with Gasteiger partial charge in [-0.25, -0.2) is 4.39 Å². The van der Waals surface area contributed by atoms with Crippen LogP contribution in [0.3, 0.4) is 0 Å². The van der Waals surface area contributed by atoms with Crippen LogP contribution >= 0.6 is 0 Å². The van der Waals surface area contributed by atoms with E-state index in [1.54, 1.807) is 12.1 Å². The molecule has 1 aliphatic rings. The molecule has 18 heavy (non-hydrogen) atoms. The topological polar surface area (TPSA) is 12.0 Å². The van der Waals surface area contributed by atoms with Gasteiger partial charge in [0.2, 0.25) is 0 Å². The highest BCUT2D eigenvalue weighted by atomic mass is 19.1. The van der Waals surface area contributed by atoms with E-state index in [1.807, 2.05) is 12.1 Å². The number of halogens is 1. The van der Waals surface area contributed by atoms with E-state index in [-0.39, 0.29) is 11.9 Å². The highest BCUT2D eigenvalue weighted by Gasteiger charge is 2.22. The van der Waals surface area contributed by atoms with Gasteiger partial charge in [-0.05, 0) is 44.6 Å². The van der Waals surface area contributed by atoms with E-state index in [0.717, 1.165) is 11.5 Å². The van der Waals surface area contributed by atoms with E-state index in [0.29, 0.717) is 6.04 Å². The lowest BCUT2D eigenvalue weighted by molar-refractivity contribution is 0.272. The zero-order valence-corrected chi connectivity index (χ0v) is 11.5. The fraction of sp³-hybridized carbons (Fsp3) is 0.625. The van der Waals surface area contributed by atoms with E-state index >= 15 is 0 Å². The number of benzene rings is 1. The van der Waals surface area contributed by atoms with Gasteiger partial charge in [0, 0.05) is 17.6 Å². The molecule has 0 amide bonds. The third-order valence-electron chi connectivity index (χ3n) is 4.28. The Labute approximate surface area is 110 Å². The molecule has 2 heteroatoms. The minimum atomic E-state index is -0.0975. The summed E-state index contributed by atoms with van der Waals surface area (Å²) in [5, 5.41) is 3.58. The van der Waals surface area contributed by atoms with Crippen molar-refractivity contribution in [1.29, 1.82) is 0 Å². The van der Waals surface area contributed by atoms with E-state index in [1.165, 1.54) is 32.1 Å². The first-order chi connectivity index (χ1) is 8.70. The minimum absolute atomic E-state index is 0.0975. The number of hydrogen-bond donors (Lipinski definition) is 1. The summed E-state index contributed by atoms with van der Waals surface area (Å²) in [4.78, 5) is 0. The lowest BCUT2D eigenvalue weighted by Crippen LogP contribution is -2.35. The Kier molecular flexibility index (Phi) is 4.76. The van der Waals surface area contributed by atoms with Crippen molar-refractivity contribution in [2.45, 2.75) is 58.0 Å². The van der Waals surface area contributed by atoms with E-state index in [4.69, 9.17) is 0 Å². The number of rotatable bonds is 4. The van der Waals surface area contributed by atoms with Crippen LogP contribution in [-0.4, -0.2) is 6.04 Å². The van der Waals surface area contributed by atoms with Crippen LogP contribution in [0.2, 0.25) is 0 Å². The SMILES string of the molecule is CC[C@H]1CC[C@H](N[C@H](C)c2ccccc2F)CC1. The van der Waals surface area contributed by atoms with Gasteiger partial charge in [-0.15, -0.1) is 0 Å². The van der Waals surface area contributed by atoms with Gasteiger partial charge in [0.05, 0.1) is 0 Å². The van der Waals surface area contributed by atoms with Gasteiger partial charge in [0.25, 0.3) is 0 Å². The van der Waals surface area contributed by atoms with Crippen LogP contribution in [0, 0.1) is 11.7 Å². The molecule has 0 radical (unpaired) electrons. The van der Waals surface area contributed by atoms with Gasteiger partial charge >= 0.3 is 0 Å². The zero-order chi connectivity index (χ0) is 13.0. The maximum Gasteiger partial charge on any atom is 0.127 e. The molecule has 0 heterocycles. The van der Waals surface area contributed by atoms with Crippen molar-refractivity contribution >= 4 is 0 Å². The predicted octanol–water partition coefficient (Wildman–Crippen LogP) is 4.45. The second-order valence-corrected chi connectivity index (χ2v) is 5.54. The van der Waals surface area contributed by atoms with Crippen LogP contribution in [0.1, 0.15) is 57.6 Å². The van der Waals surface area contributed by atoms with Gasteiger partial charge < -0.3 is 5.32 Å². The highest BCUT2D eigenvalue weighted by molar-refractivity contribution is 5.20. The summed E-state index contributed by atoms with van der Waals surface area (Å²) in [6.07, 6.45) is 6.40. The standard InChI is InChI=1S/C16H24FN/c1-3-13-8-10-14(11-9-13)18-12(2)15-6-4-5-7-16(15)17/h4-7,12-14,18H,3,8-11H2,1-2H3/t12-,13-,14-/m1/s1. The van der Waals surface area contributed by atoms with Crippen molar-refractivity contribution in [3.63, 3.8) is 0 Å². The quantitative estimate of drug-likeness (QED) is 0.831. The fourth-order valence-corrected chi connectivity index (χ4v) is 3.01. The molecule has 1 fully saturated rings. The first kappa shape index (κ1) is 13.5. The molecule has 0 aromatic heterocycles. The molecule has 100 valence electrons. The van der Waals surface area contributed by atoms with Crippen LogP contribution in [0.5, 0.6) is 0 Å². The second kappa shape index (κ2) is 6.33. The molecule has 0 spiro atoms. The zero-order valence-electron chi connectivity index (χ0n) is 11.5. The van der Waals surface area contributed by atoms with Gasteiger partial charge in [0.15, 0.2) is 0 Å². The molecule has 1 aliphatic carbocycles. The first-order valence-electron chi connectivity index (χ1n) is 7.21. The summed E-state index contributed by atoms with van der Waals surface area (Å²) in [7, 11) is 0. The Morgan fingerprint density at radius 1 is 1.22 bits per heavy atom. The van der Waals surface area contributed by atoms with Crippen molar-refractivity contribution in [2.24, 2.45) is 5.92 Å². The fourth-order valence-electron chi connectivity index (χ4n) is 3.01. The van der Waals surface area contributed by atoms with E-state index in [9.17, 15) is 4.39 Å². The van der Waals surface area contributed by atoms with Crippen molar-refractivity contribution in [3.8, 4) is 0 Å². The molecule has 0 aliphatic heterocycles. The lowest BCUT2D eigenvalue weighted by Gasteiger charge is -2.31. The van der Waals surface area contributed by atoms with Crippen LogP contribution in [0.4, 0.5) is 4.39 Å². The summed E-state index contributed by atoms with van der Waals surface area (Å²) >= 11 is 0. The van der Waals surface area contributed by atoms with Crippen LogP contribution < -0.4 is 5.32 Å². The van der Waals surface area contributed by atoms with Gasteiger partial charge in [0.1, 0.15) is 5.82 Å². The predicted molar refractivity (Wildman–Crippen MR) is 74.0 cm³/mol. The van der Waals surface area contributed by atoms with Crippen LogP contribution in [0.25, 0.3) is 0 Å². The average molecular weight is 249 g/mol. The van der Waals surface area contributed by atoms with Crippen LogP contribution in [0.15, 0.2) is 24.3 Å². The number of nitrogens with one attached hydrogen (secondary N) is 1. The Hall–Kier alpha value is -0.890. The Bertz CT molecular complexity index is 369. The first-order valence-corrected chi connectivity index (χ1v) is 7.21. The molecule has 1 nitrogen and oxygen atoms in total. The van der Waals surface area contributed by atoms with Crippen molar-refractivity contribution in [1.82, 2.24) is 5.32 Å². The molecule has 0 saturated heterocycles. The van der Waals surface area contributed by atoms with Gasteiger partial charge in [-0.1, -0.05) is 31.5 Å². The van der Waals surface area contributed by atoms with Crippen molar-refractivity contribution in [3.05, 3.63) is 35.6 Å². The molecule has 1 aromatic rings. The molecular formula is C16H24FN. The molecule has 1 N–H and O–H groups in total. The third kappa shape index (κ3) is 3.32. The highest BCUT2D eigenvalue weighted by Crippen LogP contribution is 2.28. The number of hydrogen-bond acceptors (Lipinski definition) is 1. The smallest absolute Gasteiger partial charge is 0.127 e. The Balaban J connectivity index is 1.89. The molecule has 1 saturated carbocycles. The maximum atomic E-state index is 13.7. The van der Waals surface area contributed by atoms with Crippen molar-refractivity contribution < 1.29 is 4.39 Å². The normalized spacial score (nSPS) is 25.9. The summed E-state index contributed by atoms with van der Waals surface area (Å²) in [6.45, 7) is 4.34. The summed E-state index contributed by atoms with van der Waals surface area (Å²) in [6, 6.07) is 7.74. The molecule has 0 unspecified atom stereocenters. The summed E-state index contributed by atoms with van der Waals surface area (Å²) < 4.78 is 13.7. The third-order valence-corrected chi connectivity index (χ3v) is 4.28. The molecule has 1 aromatic carbocycles. The maximum absolute atomic E-state index is 13.7. The monoisotopic (exact) mass is 249 g/mol. The lowest BCUT2D eigenvalue weighted by atomic mass is 9.84. The minimum Gasteiger partial charge on any atom is -0.307 e. The average Bonchev–Trinajstić information content (AvgIpc) is 2.40.